The summed E-state index contributed by atoms with van der Waals surface area (Å²) in [5, 5.41) is 3.51. The lowest BCUT2D eigenvalue weighted by molar-refractivity contribution is 0.171. The van der Waals surface area contributed by atoms with Crippen LogP contribution in [0.4, 0.5) is 0 Å². The predicted octanol–water partition coefficient (Wildman–Crippen LogP) is 1.96. The smallest absolute Gasteiger partial charge is 0.0186 e. The summed E-state index contributed by atoms with van der Waals surface area (Å²) in [6.45, 7) is 5.30. The van der Waals surface area contributed by atoms with Crippen LogP contribution in [-0.4, -0.2) is 48.6 Å². The Labute approximate surface area is 104 Å². The van der Waals surface area contributed by atoms with Crippen molar-refractivity contribution in [1.29, 1.82) is 0 Å². The lowest BCUT2D eigenvalue weighted by Crippen LogP contribution is -2.42. The van der Waals surface area contributed by atoms with Crippen LogP contribution in [0.15, 0.2) is 0 Å². The minimum absolute atomic E-state index is 0.702. The third kappa shape index (κ3) is 2.27. The first-order valence-electron chi connectivity index (χ1n) is 6.91. The number of nitrogens with one attached hydrogen (secondary N) is 1. The zero-order chi connectivity index (χ0) is 10.8. The fourth-order valence-corrected chi connectivity index (χ4v) is 4.85. The highest BCUT2D eigenvalue weighted by Gasteiger charge is 2.40. The summed E-state index contributed by atoms with van der Waals surface area (Å²) >= 11 is 2.17. The Morgan fingerprint density at radius 2 is 2.06 bits per heavy atom. The van der Waals surface area contributed by atoms with E-state index in [1.54, 1.807) is 0 Å². The van der Waals surface area contributed by atoms with Gasteiger partial charge in [0.2, 0.25) is 0 Å². The SMILES string of the molecule is C1CSCC(N2CCC3(CCNCC3)C2)C1. The lowest BCUT2D eigenvalue weighted by Gasteiger charge is -2.36. The van der Waals surface area contributed by atoms with Gasteiger partial charge in [-0.2, -0.15) is 11.8 Å². The fraction of sp³-hybridized carbons (Fsp3) is 1.00. The predicted molar refractivity (Wildman–Crippen MR) is 71.1 cm³/mol. The van der Waals surface area contributed by atoms with Crippen molar-refractivity contribution in [2.24, 2.45) is 5.41 Å². The molecule has 0 amide bonds. The van der Waals surface area contributed by atoms with Crippen LogP contribution < -0.4 is 5.32 Å². The van der Waals surface area contributed by atoms with Gasteiger partial charge in [0.15, 0.2) is 0 Å². The Kier molecular flexibility index (Phi) is 3.46. The monoisotopic (exact) mass is 240 g/mol. The molecule has 3 rings (SSSR count). The van der Waals surface area contributed by atoms with Gasteiger partial charge < -0.3 is 5.32 Å². The van der Waals surface area contributed by atoms with E-state index in [-0.39, 0.29) is 0 Å². The molecule has 0 aromatic heterocycles. The van der Waals surface area contributed by atoms with E-state index in [4.69, 9.17) is 0 Å². The highest BCUT2D eigenvalue weighted by molar-refractivity contribution is 7.99. The van der Waals surface area contributed by atoms with Crippen molar-refractivity contribution in [1.82, 2.24) is 10.2 Å². The lowest BCUT2D eigenvalue weighted by atomic mass is 9.78. The molecule has 3 saturated heterocycles. The second-order valence-electron chi connectivity index (χ2n) is 5.84. The first kappa shape index (κ1) is 11.4. The molecule has 1 unspecified atom stereocenters. The zero-order valence-corrected chi connectivity index (χ0v) is 11.0. The summed E-state index contributed by atoms with van der Waals surface area (Å²) in [5.74, 6) is 2.80. The van der Waals surface area contributed by atoms with Crippen LogP contribution in [0.5, 0.6) is 0 Å². The normalized spacial score (nSPS) is 35.6. The first-order chi connectivity index (χ1) is 7.88. The van der Waals surface area contributed by atoms with E-state index in [1.807, 2.05) is 0 Å². The van der Waals surface area contributed by atoms with E-state index < -0.39 is 0 Å². The maximum Gasteiger partial charge on any atom is 0.0186 e. The molecule has 2 nitrogen and oxygen atoms in total. The molecule has 1 N–H and O–H groups in total. The van der Waals surface area contributed by atoms with Crippen LogP contribution in [0, 0.1) is 5.41 Å². The van der Waals surface area contributed by atoms with Gasteiger partial charge in [0.25, 0.3) is 0 Å². The molecule has 0 aromatic carbocycles. The van der Waals surface area contributed by atoms with Crippen molar-refractivity contribution in [2.45, 2.75) is 38.1 Å². The topological polar surface area (TPSA) is 15.3 Å². The van der Waals surface area contributed by atoms with E-state index in [1.165, 1.54) is 69.8 Å². The third-order valence-electron chi connectivity index (χ3n) is 4.78. The van der Waals surface area contributed by atoms with Gasteiger partial charge in [0.05, 0.1) is 0 Å². The highest BCUT2D eigenvalue weighted by atomic mass is 32.2. The van der Waals surface area contributed by atoms with E-state index >= 15 is 0 Å². The maximum absolute atomic E-state index is 3.51. The summed E-state index contributed by atoms with van der Waals surface area (Å²) in [6.07, 6.45) is 7.21. The van der Waals surface area contributed by atoms with Crippen molar-refractivity contribution in [3.63, 3.8) is 0 Å². The Morgan fingerprint density at radius 1 is 1.19 bits per heavy atom. The molecule has 1 atom stereocenters. The number of piperidine rings is 1. The van der Waals surface area contributed by atoms with Gasteiger partial charge in [-0.1, -0.05) is 0 Å². The number of hydrogen-bond acceptors (Lipinski definition) is 3. The Morgan fingerprint density at radius 3 is 2.81 bits per heavy atom. The van der Waals surface area contributed by atoms with Gasteiger partial charge in [0, 0.05) is 18.3 Å². The summed E-state index contributed by atoms with van der Waals surface area (Å²) in [5.41, 5.74) is 0.702. The number of likely N-dealkylation sites (tertiary alicyclic amines) is 1. The highest BCUT2D eigenvalue weighted by Crippen LogP contribution is 2.40. The molecule has 3 aliphatic rings. The van der Waals surface area contributed by atoms with E-state index in [0.29, 0.717) is 5.41 Å². The van der Waals surface area contributed by atoms with Gasteiger partial charge in [-0.05, 0) is 62.9 Å². The van der Waals surface area contributed by atoms with Crippen molar-refractivity contribution >= 4 is 11.8 Å². The van der Waals surface area contributed by atoms with Gasteiger partial charge in [-0.3, -0.25) is 4.90 Å². The standard InChI is InChI=1S/C13H24N2S/c1-2-12(10-16-9-1)15-8-5-13(11-15)3-6-14-7-4-13/h12,14H,1-11H2. The molecule has 0 radical (unpaired) electrons. The van der Waals surface area contributed by atoms with Gasteiger partial charge in [-0.25, -0.2) is 0 Å². The summed E-state index contributed by atoms with van der Waals surface area (Å²) in [6, 6.07) is 0.910. The van der Waals surface area contributed by atoms with Crippen molar-refractivity contribution in [2.75, 3.05) is 37.7 Å². The number of rotatable bonds is 1. The van der Waals surface area contributed by atoms with Crippen LogP contribution >= 0.6 is 11.8 Å². The summed E-state index contributed by atoms with van der Waals surface area (Å²) in [4.78, 5) is 2.82. The third-order valence-corrected chi connectivity index (χ3v) is 5.98. The number of nitrogens with zero attached hydrogens (tertiary/aromatic N) is 1. The van der Waals surface area contributed by atoms with Crippen LogP contribution in [0.3, 0.4) is 0 Å². The molecular formula is C13H24N2S. The summed E-state index contributed by atoms with van der Waals surface area (Å²) in [7, 11) is 0. The largest absolute Gasteiger partial charge is 0.317 e. The first-order valence-corrected chi connectivity index (χ1v) is 8.06. The quantitative estimate of drug-likeness (QED) is 0.754. The van der Waals surface area contributed by atoms with Crippen LogP contribution in [-0.2, 0) is 0 Å². The average Bonchev–Trinajstić information content (AvgIpc) is 2.75. The summed E-state index contributed by atoms with van der Waals surface area (Å²) < 4.78 is 0. The molecule has 3 fully saturated rings. The molecule has 92 valence electrons. The molecule has 16 heavy (non-hydrogen) atoms. The fourth-order valence-electron chi connectivity index (χ4n) is 3.66. The second kappa shape index (κ2) is 4.87. The molecule has 0 bridgehead atoms. The molecule has 0 aromatic rings. The van der Waals surface area contributed by atoms with E-state index in [2.05, 4.69) is 22.0 Å². The van der Waals surface area contributed by atoms with Gasteiger partial charge in [0.1, 0.15) is 0 Å². The van der Waals surface area contributed by atoms with E-state index in [0.717, 1.165) is 6.04 Å². The minimum atomic E-state index is 0.702. The molecule has 0 aliphatic carbocycles. The number of hydrogen-bond donors (Lipinski definition) is 1. The molecule has 1 spiro atoms. The van der Waals surface area contributed by atoms with Crippen LogP contribution in [0.25, 0.3) is 0 Å². The average molecular weight is 240 g/mol. The number of thioether (sulfide) groups is 1. The van der Waals surface area contributed by atoms with Crippen LogP contribution in [0.1, 0.15) is 32.1 Å². The van der Waals surface area contributed by atoms with Gasteiger partial charge >= 0.3 is 0 Å². The minimum Gasteiger partial charge on any atom is -0.317 e. The van der Waals surface area contributed by atoms with Crippen LogP contribution in [0.2, 0.25) is 0 Å². The zero-order valence-electron chi connectivity index (χ0n) is 10.2. The molecule has 3 heteroatoms. The Bertz CT molecular complexity index is 232. The van der Waals surface area contributed by atoms with Crippen molar-refractivity contribution in [3.8, 4) is 0 Å². The van der Waals surface area contributed by atoms with Crippen molar-refractivity contribution in [3.05, 3.63) is 0 Å². The molecule has 0 saturated carbocycles. The second-order valence-corrected chi connectivity index (χ2v) is 6.99. The van der Waals surface area contributed by atoms with Gasteiger partial charge in [-0.15, -0.1) is 0 Å². The van der Waals surface area contributed by atoms with Crippen molar-refractivity contribution < 1.29 is 0 Å². The maximum atomic E-state index is 3.51. The molecule has 3 heterocycles. The Balaban J connectivity index is 1.58. The molecule has 3 aliphatic heterocycles. The van der Waals surface area contributed by atoms with E-state index in [9.17, 15) is 0 Å². The molecular weight excluding hydrogens is 216 g/mol. The Hall–Kier alpha value is 0.270.